The average Bonchev–Trinajstić information content (AvgIpc) is 3.10. The predicted octanol–water partition coefficient (Wildman–Crippen LogP) is 2.84. The highest BCUT2D eigenvalue weighted by molar-refractivity contribution is 6.02. The molecule has 2 heterocycles. The van der Waals surface area contributed by atoms with Crippen LogP contribution < -0.4 is 10.2 Å². The number of nitrogens with one attached hydrogen (secondary N) is 1. The van der Waals surface area contributed by atoms with Gasteiger partial charge < -0.3 is 14.7 Å². The largest absolute Gasteiger partial charge is 0.371 e. The monoisotopic (exact) mass is 271 g/mol. The highest BCUT2D eigenvalue weighted by atomic mass is 16.5. The molecule has 0 unspecified atom stereocenters. The molecule has 0 saturated carbocycles. The Labute approximate surface area is 117 Å². The van der Waals surface area contributed by atoms with Crippen molar-refractivity contribution in [1.29, 1.82) is 0 Å². The van der Waals surface area contributed by atoms with Crippen LogP contribution in [0.5, 0.6) is 0 Å². The fourth-order valence-corrected chi connectivity index (χ4v) is 2.42. The Morgan fingerprint density at radius 3 is 2.80 bits per heavy atom. The second kappa shape index (κ2) is 5.36. The number of anilines is 2. The van der Waals surface area contributed by atoms with Gasteiger partial charge in [0, 0.05) is 30.5 Å². The van der Waals surface area contributed by atoms with E-state index >= 15 is 0 Å². The van der Waals surface area contributed by atoms with E-state index in [1.807, 2.05) is 18.2 Å². The lowest BCUT2D eigenvalue weighted by Crippen LogP contribution is -2.18. The van der Waals surface area contributed by atoms with Crippen molar-refractivity contribution in [1.82, 2.24) is 5.16 Å². The summed E-state index contributed by atoms with van der Waals surface area (Å²) in [5.74, 6) is -0.0433. The standard InChI is InChI=1S/C15H17N3O2/c1-11-9-14(20-17-11)15(19)16-12-5-4-6-13(10-12)18-7-2-3-8-18/h4-6,9-10H,2-3,7-8H2,1H3,(H,16,19). The van der Waals surface area contributed by atoms with Crippen molar-refractivity contribution >= 4 is 17.3 Å². The van der Waals surface area contributed by atoms with E-state index in [9.17, 15) is 4.79 Å². The van der Waals surface area contributed by atoms with Gasteiger partial charge in [0.05, 0.1) is 5.69 Å². The van der Waals surface area contributed by atoms with Crippen molar-refractivity contribution < 1.29 is 9.32 Å². The van der Waals surface area contributed by atoms with Crippen LogP contribution in [0.4, 0.5) is 11.4 Å². The predicted molar refractivity (Wildman–Crippen MR) is 77.1 cm³/mol. The summed E-state index contributed by atoms with van der Waals surface area (Å²) >= 11 is 0. The molecular weight excluding hydrogens is 254 g/mol. The van der Waals surface area contributed by atoms with Crippen LogP contribution in [0.2, 0.25) is 0 Å². The van der Waals surface area contributed by atoms with Gasteiger partial charge in [0.1, 0.15) is 0 Å². The Bertz CT molecular complexity index is 615. The number of rotatable bonds is 3. The van der Waals surface area contributed by atoms with E-state index in [2.05, 4.69) is 21.4 Å². The van der Waals surface area contributed by atoms with Crippen molar-refractivity contribution in [2.45, 2.75) is 19.8 Å². The molecule has 0 radical (unpaired) electrons. The number of hydrogen-bond acceptors (Lipinski definition) is 4. The SMILES string of the molecule is Cc1cc(C(=O)Nc2cccc(N3CCCC3)c2)on1. The molecular formula is C15H17N3O2. The van der Waals surface area contributed by atoms with Crippen molar-refractivity contribution in [2.75, 3.05) is 23.3 Å². The van der Waals surface area contributed by atoms with Crippen LogP contribution in [0.3, 0.4) is 0 Å². The minimum atomic E-state index is -0.274. The van der Waals surface area contributed by atoms with Gasteiger partial charge in [-0.2, -0.15) is 0 Å². The summed E-state index contributed by atoms with van der Waals surface area (Å²) in [7, 11) is 0. The van der Waals surface area contributed by atoms with E-state index in [1.54, 1.807) is 13.0 Å². The molecule has 1 saturated heterocycles. The first kappa shape index (κ1) is 12.7. The number of aryl methyl sites for hydroxylation is 1. The fraction of sp³-hybridized carbons (Fsp3) is 0.333. The Morgan fingerprint density at radius 2 is 2.10 bits per heavy atom. The number of aromatic nitrogens is 1. The van der Waals surface area contributed by atoms with E-state index in [0.29, 0.717) is 5.69 Å². The molecule has 2 aromatic rings. The van der Waals surface area contributed by atoms with Crippen molar-refractivity contribution in [3.05, 3.63) is 41.8 Å². The lowest BCUT2D eigenvalue weighted by Gasteiger charge is -2.18. The third-order valence-electron chi connectivity index (χ3n) is 3.43. The first-order valence-corrected chi connectivity index (χ1v) is 6.82. The summed E-state index contributed by atoms with van der Waals surface area (Å²) in [5, 5.41) is 6.55. The number of amides is 1. The molecule has 0 bridgehead atoms. The molecule has 1 N–H and O–H groups in total. The zero-order chi connectivity index (χ0) is 13.9. The molecule has 1 amide bonds. The van der Waals surface area contributed by atoms with E-state index < -0.39 is 0 Å². The number of nitrogens with zero attached hydrogens (tertiary/aromatic N) is 2. The average molecular weight is 271 g/mol. The van der Waals surface area contributed by atoms with Gasteiger partial charge in [0.25, 0.3) is 5.91 Å². The van der Waals surface area contributed by atoms with E-state index in [1.165, 1.54) is 12.8 Å². The third kappa shape index (κ3) is 2.66. The first-order chi connectivity index (χ1) is 9.72. The summed E-state index contributed by atoms with van der Waals surface area (Å²) in [6.45, 7) is 3.95. The quantitative estimate of drug-likeness (QED) is 0.932. The lowest BCUT2D eigenvalue weighted by molar-refractivity contribution is 0.0988. The van der Waals surface area contributed by atoms with Gasteiger partial charge >= 0.3 is 0 Å². The normalized spacial score (nSPS) is 14.6. The van der Waals surface area contributed by atoms with Crippen molar-refractivity contribution in [2.24, 2.45) is 0 Å². The van der Waals surface area contributed by atoms with E-state index in [-0.39, 0.29) is 11.7 Å². The maximum absolute atomic E-state index is 12.0. The van der Waals surface area contributed by atoms with Crippen LogP contribution >= 0.6 is 0 Å². The molecule has 0 atom stereocenters. The van der Waals surface area contributed by atoms with Crippen LogP contribution in [-0.4, -0.2) is 24.2 Å². The molecule has 5 nitrogen and oxygen atoms in total. The zero-order valence-electron chi connectivity index (χ0n) is 11.4. The van der Waals surface area contributed by atoms with Crippen molar-refractivity contribution in [3.63, 3.8) is 0 Å². The second-order valence-corrected chi connectivity index (χ2v) is 5.03. The molecule has 0 spiro atoms. The minimum absolute atomic E-state index is 0.231. The molecule has 1 fully saturated rings. The summed E-state index contributed by atoms with van der Waals surface area (Å²) in [6, 6.07) is 9.52. The third-order valence-corrected chi connectivity index (χ3v) is 3.43. The van der Waals surface area contributed by atoms with Gasteiger partial charge in [0.2, 0.25) is 5.76 Å². The molecule has 5 heteroatoms. The Balaban J connectivity index is 1.74. The second-order valence-electron chi connectivity index (χ2n) is 5.03. The Hall–Kier alpha value is -2.30. The van der Waals surface area contributed by atoms with Crippen LogP contribution in [0, 0.1) is 6.92 Å². The summed E-state index contributed by atoms with van der Waals surface area (Å²) < 4.78 is 4.96. The fourth-order valence-electron chi connectivity index (χ4n) is 2.42. The molecule has 1 aromatic carbocycles. The number of benzene rings is 1. The summed E-state index contributed by atoms with van der Waals surface area (Å²) in [4.78, 5) is 14.3. The molecule has 0 aliphatic carbocycles. The number of carbonyl (C=O) groups excluding carboxylic acids is 1. The first-order valence-electron chi connectivity index (χ1n) is 6.82. The Kier molecular flexibility index (Phi) is 3.41. The molecule has 3 rings (SSSR count). The summed E-state index contributed by atoms with van der Waals surface area (Å²) in [5.41, 5.74) is 2.61. The maximum atomic E-state index is 12.0. The molecule has 20 heavy (non-hydrogen) atoms. The highest BCUT2D eigenvalue weighted by Crippen LogP contribution is 2.23. The van der Waals surface area contributed by atoms with Gasteiger partial charge in [-0.05, 0) is 38.0 Å². The molecule has 1 aromatic heterocycles. The van der Waals surface area contributed by atoms with E-state index in [0.717, 1.165) is 24.5 Å². The van der Waals surface area contributed by atoms with Gasteiger partial charge in [-0.1, -0.05) is 11.2 Å². The van der Waals surface area contributed by atoms with Crippen LogP contribution in [-0.2, 0) is 0 Å². The van der Waals surface area contributed by atoms with Gasteiger partial charge in [-0.3, -0.25) is 4.79 Å². The topological polar surface area (TPSA) is 58.4 Å². The van der Waals surface area contributed by atoms with E-state index in [4.69, 9.17) is 4.52 Å². The highest BCUT2D eigenvalue weighted by Gasteiger charge is 2.14. The lowest BCUT2D eigenvalue weighted by atomic mass is 10.2. The van der Waals surface area contributed by atoms with Crippen LogP contribution in [0.25, 0.3) is 0 Å². The molecule has 1 aliphatic rings. The minimum Gasteiger partial charge on any atom is -0.371 e. The smallest absolute Gasteiger partial charge is 0.294 e. The summed E-state index contributed by atoms with van der Waals surface area (Å²) in [6.07, 6.45) is 2.46. The molecule has 1 aliphatic heterocycles. The number of carbonyl (C=O) groups is 1. The maximum Gasteiger partial charge on any atom is 0.294 e. The zero-order valence-corrected chi connectivity index (χ0v) is 11.4. The molecule has 104 valence electrons. The van der Waals surface area contributed by atoms with Gasteiger partial charge in [-0.15, -0.1) is 0 Å². The number of hydrogen-bond donors (Lipinski definition) is 1. The van der Waals surface area contributed by atoms with Gasteiger partial charge in [0.15, 0.2) is 0 Å². The van der Waals surface area contributed by atoms with Crippen molar-refractivity contribution in [3.8, 4) is 0 Å². The van der Waals surface area contributed by atoms with Gasteiger partial charge in [-0.25, -0.2) is 0 Å². The van der Waals surface area contributed by atoms with Crippen LogP contribution in [0.15, 0.2) is 34.9 Å². The van der Waals surface area contributed by atoms with Crippen LogP contribution in [0.1, 0.15) is 29.1 Å². The Morgan fingerprint density at radius 1 is 1.30 bits per heavy atom.